The lowest BCUT2D eigenvalue weighted by atomic mass is 10.0. The van der Waals surface area contributed by atoms with E-state index < -0.39 is 12.1 Å². The molecule has 1 aromatic carbocycles. The standard InChI is InChI=1S/C14H19NO.C2HF3O2/c1-10-3-2-4-13(7-10)16-14-8-11-5-6-12(9-14)15-11;3-2(4,5)1(6)7/h2-4,7,11-12,14-15H,5-6,8-9H2,1H3;(H,6,7)/t11-,12+,14+;. The summed E-state index contributed by atoms with van der Waals surface area (Å²) in [5.41, 5.74) is 1.27. The van der Waals surface area contributed by atoms with Crippen LogP contribution in [0.15, 0.2) is 24.3 Å². The number of aryl methyl sites for hydroxylation is 1. The van der Waals surface area contributed by atoms with Gasteiger partial charge in [-0.15, -0.1) is 0 Å². The van der Waals surface area contributed by atoms with Crippen LogP contribution in [0.4, 0.5) is 13.2 Å². The zero-order valence-electron chi connectivity index (χ0n) is 12.8. The average molecular weight is 331 g/mol. The Morgan fingerprint density at radius 3 is 2.30 bits per heavy atom. The van der Waals surface area contributed by atoms with Gasteiger partial charge in [0.2, 0.25) is 0 Å². The minimum absolute atomic E-state index is 0.417. The number of alkyl halides is 3. The molecular weight excluding hydrogens is 311 g/mol. The molecule has 0 aromatic heterocycles. The molecule has 7 heteroatoms. The molecule has 0 saturated carbocycles. The molecule has 0 spiro atoms. The molecule has 2 heterocycles. The number of hydrogen-bond acceptors (Lipinski definition) is 3. The minimum Gasteiger partial charge on any atom is -0.490 e. The number of carbonyl (C=O) groups is 1. The van der Waals surface area contributed by atoms with Crippen molar-refractivity contribution in [3.63, 3.8) is 0 Å². The summed E-state index contributed by atoms with van der Waals surface area (Å²) in [7, 11) is 0. The number of carboxylic acid groups (broad SMARTS) is 1. The van der Waals surface area contributed by atoms with Gasteiger partial charge in [-0.05, 0) is 50.3 Å². The van der Waals surface area contributed by atoms with Crippen molar-refractivity contribution in [1.29, 1.82) is 0 Å². The Hall–Kier alpha value is -1.76. The quantitative estimate of drug-likeness (QED) is 0.873. The first-order valence-electron chi connectivity index (χ1n) is 7.53. The van der Waals surface area contributed by atoms with E-state index in [1.54, 1.807) is 0 Å². The Labute approximate surface area is 132 Å². The number of rotatable bonds is 2. The van der Waals surface area contributed by atoms with E-state index in [2.05, 4.69) is 36.5 Å². The molecule has 2 N–H and O–H groups in total. The van der Waals surface area contributed by atoms with Gasteiger partial charge in [-0.1, -0.05) is 12.1 Å². The highest BCUT2D eigenvalue weighted by atomic mass is 19.4. The first kappa shape index (κ1) is 17.6. The lowest BCUT2D eigenvalue weighted by molar-refractivity contribution is -0.192. The van der Waals surface area contributed by atoms with Crippen molar-refractivity contribution in [2.75, 3.05) is 0 Å². The van der Waals surface area contributed by atoms with Crippen LogP contribution >= 0.6 is 0 Å². The van der Waals surface area contributed by atoms with Crippen LogP contribution in [-0.2, 0) is 4.79 Å². The summed E-state index contributed by atoms with van der Waals surface area (Å²) in [5, 5.41) is 10.8. The zero-order valence-corrected chi connectivity index (χ0v) is 12.8. The summed E-state index contributed by atoms with van der Waals surface area (Å²) >= 11 is 0. The highest BCUT2D eigenvalue weighted by molar-refractivity contribution is 5.73. The third kappa shape index (κ3) is 5.42. The highest BCUT2D eigenvalue weighted by Gasteiger charge is 2.38. The van der Waals surface area contributed by atoms with Crippen LogP contribution in [0, 0.1) is 6.92 Å². The Morgan fingerprint density at radius 2 is 1.83 bits per heavy atom. The summed E-state index contributed by atoms with van der Waals surface area (Å²) in [6.45, 7) is 2.11. The molecule has 4 nitrogen and oxygen atoms in total. The molecule has 3 rings (SSSR count). The maximum absolute atomic E-state index is 10.6. The predicted molar refractivity (Wildman–Crippen MR) is 78.5 cm³/mol. The van der Waals surface area contributed by atoms with E-state index in [1.807, 2.05) is 0 Å². The van der Waals surface area contributed by atoms with Crippen LogP contribution in [0.1, 0.15) is 31.2 Å². The molecule has 0 unspecified atom stereocenters. The maximum atomic E-state index is 10.6. The number of hydrogen-bond donors (Lipinski definition) is 2. The third-order valence-corrected chi connectivity index (χ3v) is 3.96. The number of fused-ring (bicyclic) bond motifs is 2. The van der Waals surface area contributed by atoms with E-state index in [9.17, 15) is 13.2 Å². The van der Waals surface area contributed by atoms with E-state index >= 15 is 0 Å². The number of piperidine rings is 1. The number of carboxylic acids is 1. The van der Waals surface area contributed by atoms with Gasteiger partial charge in [0, 0.05) is 12.1 Å². The number of nitrogens with one attached hydrogen (secondary N) is 1. The molecule has 0 amide bonds. The van der Waals surface area contributed by atoms with Crippen molar-refractivity contribution in [3.8, 4) is 5.75 Å². The van der Waals surface area contributed by atoms with E-state index in [4.69, 9.17) is 14.6 Å². The molecule has 0 aliphatic carbocycles. The van der Waals surface area contributed by atoms with Gasteiger partial charge in [0.05, 0.1) is 0 Å². The molecule has 23 heavy (non-hydrogen) atoms. The Kier molecular flexibility index (Phi) is 5.51. The van der Waals surface area contributed by atoms with Crippen molar-refractivity contribution in [3.05, 3.63) is 29.8 Å². The van der Waals surface area contributed by atoms with E-state index in [0.717, 1.165) is 5.75 Å². The molecule has 3 atom stereocenters. The molecule has 2 aliphatic heterocycles. The zero-order chi connectivity index (χ0) is 17.0. The number of aliphatic carboxylic acids is 1. The van der Waals surface area contributed by atoms with Gasteiger partial charge in [0.15, 0.2) is 0 Å². The smallest absolute Gasteiger partial charge is 0.490 e. The fourth-order valence-electron chi connectivity index (χ4n) is 2.98. The van der Waals surface area contributed by atoms with Crippen molar-refractivity contribution in [2.24, 2.45) is 0 Å². The van der Waals surface area contributed by atoms with Gasteiger partial charge in [-0.2, -0.15) is 13.2 Å². The predicted octanol–water partition coefficient (Wildman–Crippen LogP) is 3.29. The third-order valence-electron chi connectivity index (χ3n) is 3.96. The molecule has 2 bridgehead atoms. The van der Waals surface area contributed by atoms with Gasteiger partial charge in [-0.3, -0.25) is 0 Å². The van der Waals surface area contributed by atoms with Crippen molar-refractivity contribution >= 4 is 5.97 Å². The molecule has 1 aromatic rings. The van der Waals surface area contributed by atoms with Crippen LogP contribution < -0.4 is 10.1 Å². The summed E-state index contributed by atoms with van der Waals surface area (Å²) in [4.78, 5) is 8.90. The van der Waals surface area contributed by atoms with Crippen LogP contribution in [0.3, 0.4) is 0 Å². The number of ether oxygens (including phenoxy) is 1. The Morgan fingerprint density at radius 1 is 1.26 bits per heavy atom. The first-order valence-corrected chi connectivity index (χ1v) is 7.53. The topological polar surface area (TPSA) is 58.6 Å². The van der Waals surface area contributed by atoms with E-state index in [1.165, 1.54) is 31.2 Å². The molecule has 0 radical (unpaired) electrons. The summed E-state index contributed by atoms with van der Waals surface area (Å²) in [6.07, 6.45) is 0.339. The second kappa shape index (κ2) is 7.21. The monoisotopic (exact) mass is 331 g/mol. The minimum atomic E-state index is -5.08. The van der Waals surface area contributed by atoms with Gasteiger partial charge in [-0.25, -0.2) is 4.79 Å². The average Bonchev–Trinajstić information content (AvgIpc) is 2.77. The van der Waals surface area contributed by atoms with Gasteiger partial charge < -0.3 is 15.2 Å². The van der Waals surface area contributed by atoms with Crippen LogP contribution in [-0.4, -0.2) is 35.4 Å². The Bertz CT molecular complexity index is 536. The van der Waals surface area contributed by atoms with E-state index in [0.29, 0.717) is 18.2 Å². The molecule has 128 valence electrons. The summed E-state index contributed by atoms with van der Waals surface area (Å²) in [5.74, 6) is -1.72. The molecule has 2 fully saturated rings. The number of halogens is 3. The van der Waals surface area contributed by atoms with Crippen LogP contribution in [0.25, 0.3) is 0 Å². The van der Waals surface area contributed by atoms with Crippen LogP contribution in [0.5, 0.6) is 5.75 Å². The normalized spacial score (nSPS) is 26.2. The maximum Gasteiger partial charge on any atom is 0.490 e. The molecule has 2 aliphatic rings. The van der Waals surface area contributed by atoms with Gasteiger partial charge >= 0.3 is 12.1 Å². The highest BCUT2D eigenvalue weighted by Crippen LogP contribution is 2.29. The second-order valence-corrected chi connectivity index (χ2v) is 5.97. The molecule has 2 saturated heterocycles. The largest absolute Gasteiger partial charge is 0.490 e. The van der Waals surface area contributed by atoms with Gasteiger partial charge in [0.1, 0.15) is 11.9 Å². The lowest BCUT2D eigenvalue weighted by Crippen LogP contribution is -2.42. The molecular formula is C16H20F3NO3. The van der Waals surface area contributed by atoms with Crippen molar-refractivity contribution < 1.29 is 27.8 Å². The van der Waals surface area contributed by atoms with E-state index in [-0.39, 0.29) is 0 Å². The van der Waals surface area contributed by atoms with Crippen molar-refractivity contribution in [1.82, 2.24) is 5.32 Å². The number of benzene rings is 1. The SMILES string of the molecule is Cc1cccc(O[C@H]2C[C@H]3CC[C@@H](C2)N3)c1.O=C(O)C(F)(F)F. The first-order chi connectivity index (χ1) is 10.7. The fourth-order valence-corrected chi connectivity index (χ4v) is 2.98. The Balaban J connectivity index is 0.000000236. The van der Waals surface area contributed by atoms with Gasteiger partial charge in [0.25, 0.3) is 0 Å². The second-order valence-electron chi connectivity index (χ2n) is 5.97. The summed E-state index contributed by atoms with van der Waals surface area (Å²) < 4.78 is 37.8. The fraction of sp³-hybridized carbons (Fsp3) is 0.562. The van der Waals surface area contributed by atoms with Crippen molar-refractivity contribution in [2.45, 2.75) is 57.0 Å². The summed E-state index contributed by atoms with van der Waals surface area (Å²) in [6, 6.07) is 9.78. The lowest BCUT2D eigenvalue weighted by Gasteiger charge is -2.29. The van der Waals surface area contributed by atoms with Crippen LogP contribution in [0.2, 0.25) is 0 Å².